The summed E-state index contributed by atoms with van der Waals surface area (Å²) < 4.78 is 4.26. The molecule has 0 aromatic heterocycles. The summed E-state index contributed by atoms with van der Waals surface area (Å²) in [7, 11) is 0. The molecule has 0 unspecified atom stereocenters. The van der Waals surface area contributed by atoms with E-state index in [1.54, 1.807) is 6.92 Å². The maximum absolute atomic E-state index is 5.04. The predicted molar refractivity (Wildman–Crippen MR) is 259 cm³/mol. The second-order valence-corrected chi connectivity index (χ2v) is 19.0. The van der Waals surface area contributed by atoms with Crippen LogP contribution < -0.4 is 50.9 Å². The normalized spacial score (nSPS) is 11.2. The van der Waals surface area contributed by atoms with Crippen LogP contribution in [0.1, 0.15) is 244 Å². The molecule has 0 N–H and O–H groups in total. The lowest BCUT2D eigenvalue weighted by atomic mass is 10.1. The highest BCUT2D eigenvalue weighted by Crippen LogP contribution is 2.19. The summed E-state index contributed by atoms with van der Waals surface area (Å²) in [4.78, 5) is -0.222. The Morgan fingerprint density at radius 1 is 0.241 bits per heavy atom. The summed E-state index contributed by atoms with van der Waals surface area (Å²) in [6.07, 6.45) is 33.2. The molecule has 0 radical (unpaired) electrons. The van der Waals surface area contributed by atoms with E-state index in [-0.39, 0.29) is 55.8 Å². The van der Waals surface area contributed by atoms with Crippen LogP contribution in [0.3, 0.4) is 0 Å². The summed E-state index contributed by atoms with van der Waals surface area (Å²) in [5.74, 6) is 0. The Morgan fingerprint density at radius 2 is 0.310 bits per heavy atom. The van der Waals surface area contributed by atoms with Gasteiger partial charge in [-0.25, -0.2) is 0 Å². The van der Waals surface area contributed by atoms with E-state index in [1.807, 2.05) is 0 Å². The molecule has 0 fully saturated rings. The van der Waals surface area contributed by atoms with Crippen molar-refractivity contribution in [2.24, 2.45) is 0 Å². The molecule has 0 aromatic rings. The van der Waals surface area contributed by atoms with Gasteiger partial charge in [-0.15, -0.1) is 23.2 Å². The first kappa shape index (κ1) is 74.3. The van der Waals surface area contributed by atoms with Gasteiger partial charge in [-0.2, -0.15) is 0 Å². The minimum Gasteiger partial charge on any atom is -1.00 e. The maximum atomic E-state index is 5.04. The molecule has 362 valence electrons. The standard InChI is InChI=1S/3C16H36N.C2H4Cl2.3BrH/c3*1-5-9-13-17(14-10-6-2,15-11-7-3)16-12-8-4;1-2(3)4;;;/h3*5-16H2,1-4H3;2H,1H3;3*1H/q3*+1;;;;/p-3. The van der Waals surface area contributed by atoms with Crippen LogP contribution in [0.4, 0.5) is 0 Å². The fourth-order valence-corrected chi connectivity index (χ4v) is 7.93. The van der Waals surface area contributed by atoms with Crippen molar-refractivity contribution in [1.82, 2.24) is 0 Å². The molecule has 0 amide bonds. The molecule has 3 nitrogen and oxygen atoms in total. The summed E-state index contributed by atoms with van der Waals surface area (Å²) in [6.45, 7) is 46.8. The minimum atomic E-state index is -0.222. The van der Waals surface area contributed by atoms with Crippen LogP contribution in [0.15, 0.2) is 0 Å². The van der Waals surface area contributed by atoms with E-state index in [4.69, 9.17) is 23.2 Å². The van der Waals surface area contributed by atoms with Gasteiger partial charge in [-0.1, -0.05) is 160 Å². The molecule has 58 heavy (non-hydrogen) atoms. The van der Waals surface area contributed by atoms with Crippen LogP contribution in [0.25, 0.3) is 0 Å². The number of halogens is 5. The number of hydrogen-bond acceptors (Lipinski definition) is 0. The molecule has 0 atom stereocenters. The molecule has 0 bridgehead atoms. The monoisotopic (exact) mass is 1060 g/mol. The highest BCUT2D eigenvalue weighted by molar-refractivity contribution is 6.43. The Balaban J connectivity index is -0.000000125. The lowest BCUT2D eigenvalue weighted by Gasteiger charge is -2.39. The smallest absolute Gasteiger partial charge is 0.105 e. The van der Waals surface area contributed by atoms with Gasteiger partial charge < -0.3 is 64.4 Å². The first-order valence-electron chi connectivity index (χ1n) is 25.3. The third-order valence-electron chi connectivity index (χ3n) is 11.8. The van der Waals surface area contributed by atoms with Gasteiger partial charge >= 0.3 is 0 Å². The van der Waals surface area contributed by atoms with Crippen LogP contribution in [-0.4, -0.2) is 96.8 Å². The molecule has 0 rings (SSSR count). The summed E-state index contributed by atoms with van der Waals surface area (Å²) in [5.41, 5.74) is 0. The SMILES string of the molecule is CC(Cl)Cl.CCCC[N+](CCCC)(CCCC)CCCC.CCCC[N+](CCCC)(CCCC)CCCC.CCCC[N+](CCCC)(CCCC)CCCC.[Br-].[Br-].[Br-]. The van der Waals surface area contributed by atoms with Gasteiger partial charge in [-0.3, -0.25) is 0 Å². The van der Waals surface area contributed by atoms with Crippen LogP contribution in [-0.2, 0) is 0 Å². The van der Waals surface area contributed by atoms with E-state index in [0.717, 1.165) is 0 Å². The first-order valence-corrected chi connectivity index (χ1v) is 26.2. The zero-order chi connectivity index (χ0) is 42.5. The molecule has 0 aromatic carbocycles. The Bertz CT molecular complexity index is 502. The Labute approximate surface area is 412 Å². The van der Waals surface area contributed by atoms with Gasteiger partial charge in [0.2, 0.25) is 0 Å². The molecule has 0 aliphatic rings. The predicted octanol–water partition coefficient (Wildman–Crippen LogP) is 7.83. The number of rotatable bonds is 36. The fraction of sp³-hybridized carbons (Fsp3) is 1.00. The average molecular weight is 1070 g/mol. The summed E-state index contributed by atoms with van der Waals surface area (Å²) in [5, 5.41) is 0. The third-order valence-corrected chi connectivity index (χ3v) is 11.8. The molecule has 0 heterocycles. The number of quaternary nitrogens is 3. The van der Waals surface area contributed by atoms with Crippen molar-refractivity contribution in [3.63, 3.8) is 0 Å². The second-order valence-electron chi connectivity index (χ2n) is 17.5. The fourth-order valence-electron chi connectivity index (χ4n) is 7.93. The Morgan fingerprint density at radius 3 is 0.362 bits per heavy atom. The van der Waals surface area contributed by atoms with Crippen molar-refractivity contribution < 1.29 is 64.4 Å². The Kier molecular flexibility index (Phi) is 72.9. The number of unbranched alkanes of at least 4 members (excludes halogenated alkanes) is 12. The Hall–Kier alpha value is 1.90. The van der Waals surface area contributed by atoms with Gasteiger partial charge in [0.15, 0.2) is 0 Å². The van der Waals surface area contributed by atoms with Gasteiger partial charge in [0.1, 0.15) is 4.84 Å². The molecule has 0 aliphatic heterocycles. The third kappa shape index (κ3) is 48.9. The van der Waals surface area contributed by atoms with E-state index >= 15 is 0 Å². The van der Waals surface area contributed by atoms with Gasteiger partial charge in [0.25, 0.3) is 0 Å². The largest absolute Gasteiger partial charge is 1.00 e. The quantitative estimate of drug-likeness (QED) is 0.0444. The topological polar surface area (TPSA) is 0 Å². The van der Waals surface area contributed by atoms with Crippen molar-refractivity contribution in [3.8, 4) is 0 Å². The second kappa shape index (κ2) is 56.9. The van der Waals surface area contributed by atoms with E-state index in [1.165, 1.54) is 246 Å². The lowest BCUT2D eigenvalue weighted by Crippen LogP contribution is -3.00. The van der Waals surface area contributed by atoms with Gasteiger partial charge in [0.05, 0.1) is 78.5 Å². The highest BCUT2D eigenvalue weighted by atomic mass is 79.9. The molecule has 0 saturated carbocycles. The zero-order valence-corrected chi connectivity index (χ0v) is 48.5. The highest BCUT2D eigenvalue weighted by Gasteiger charge is 2.26. The van der Waals surface area contributed by atoms with Crippen molar-refractivity contribution in [2.75, 3.05) is 78.5 Å². The molecular weight excluding hydrogens is 953 g/mol. The van der Waals surface area contributed by atoms with Crippen molar-refractivity contribution in [2.45, 2.75) is 249 Å². The van der Waals surface area contributed by atoms with E-state index < -0.39 is 0 Å². The van der Waals surface area contributed by atoms with E-state index in [0.29, 0.717) is 0 Å². The molecule has 8 heteroatoms. The van der Waals surface area contributed by atoms with Crippen molar-refractivity contribution in [3.05, 3.63) is 0 Å². The average Bonchev–Trinajstić information content (AvgIpc) is 3.19. The lowest BCUT2D eigenvalue weighted by molar-refractivity contribution is -0.929. The summed E-state index contributed by atoms with van der Waals surface area (Å²) >= 11 is 10.1. The summed E-state index contributed by atoms with van der Waals surface area (Å²) in [6, 6.07) is 0. The van der Waals surface area contributed by atoms with Gasteiger partial charge in [-0.05, 0) is 84.0 Å². The van der Waals surface area contributed by atoms with Crippen LogP contribution >= 0.6 is 23.2 Å². The van der Waals surface area contributed by atoms with Crippen LogP contribution in [0.2, 0.25) is 0 Å². The van der Waals surface area contributed by atoms with Crippen LogP contribution in [0.5, 0.6) is 0 Å². The molecule has 0 aliphatic carbocycles. The zero-order valence-electron chi connectivity index (χ0n) is 42.3. The number of nitrogens with zero attached hydrogens (tertiary/aromatic N) is 3. The van der Waals surface area contributed by atoms with Gasteiger partial charge in [0, 0.05) is 0 Å². The van der Waals surface area contributed by atoms with Crippen LogP contribution in [0, 0.1) is 0 Å². The van der Waals surface area contributed by atoms with Crippen molar-refractivity contribution >= 4 is 23.2 Å². The molecule has 0 spiro atoms. The first-order chi connectivity index (χ1) is 26.5. The number of hydrogen-bond donors (Lipinski definition) is 0. The molecule has 0 saturated heterocycles. The van der Waals surface area contributed by atoms with Crippen molar-refractivity contribution in [1.29, 1.82) is 0 Å². The maximum Gasteiger partial charge on any atom is 0.105 e. The van der Waals surface area contributed by atoms with E-state index in [2.05, 4.69) is 83.1 Å². The number of alkyl halides is 2. The minimum absolute atomic E-state index is 0. The molecular formula is C50H112Br3Cl2N3. The van der Waals surface area contributed by atoms with E-state index in [9.17, 15) is 0 Å².